The highest BCUT2D eigenvalue weighted by Gasteiger charge is 2.42. The number of H-pyrrole nitrogens is 1. The number of aromatic hydroxyl groups is 1. The first kappa shape index (κ1) is 121. The molecule has 27 N–H and O–H groups in total. The molecule has 3 fully saturated rings. The third kappa shape index (κ3) is 38.8. The Morgan fingerprint density at radius 2 is 0.847 bits per heavy atom. The predicted molar refractivity (Wildman–Crippen MR) is 552 cm³/mol. The van der Waals surface area contributed by atoms with Gasteiger partial charge >= 0.3 is 5.97 Å². The van der Waals surface area contributed by atoms with Crippen LogP contribution in [0.25, 0.3) is 10.9 Å². The van der Waals surface area contributed by atoms with Gasteiger partial charge in [0, 0.05) is 65.8 Å². The monoisotopic (exact) mass is 2160 g/mol. The molecule has 1 aromatic heterocycles. The number of phenols is 1. The number of primary amides is 1. The van der Waals surface area contributed by atoms with Gasteiger partial charge in [0.05, 0.1) is 45.6 Å². The summed E-state index contributed by atoms with van der Waals surface area (Å²) in [4.78, 5) is 339. The Kier molecular flexibility index (Phi) is 47.9. The Bertz CT molecular complexity index is 5670. The number of aromatic nitrogens is 1. The zero-order valence-electron chi connectivity index (χ0n) is 84.1. The number of amides is 22. The molecule has 4 bridgehead atoms. The first-order valence-corrected chi connectivity index (χ1v) is 53.4. The van der Waals surface area contributed by atoms with Crippen molar-refractivity contribution in [3.8, 4) is 5.75 Å². The topological polar surface area (TPSA) is 748 Å². The molecule has 0 aliphatic carbocycles. The molecular formula is C97H131N23O26S4. The number of nitrogens with two attached hydrogens (primary N) is 1. The molecule has 814 valence electrons. The van der Waals surface area contributed by atoms with E-state index in [1.807, 2.05) is 0 Å². The molecule has 53 heteroatoms. The highest BCUT2D eigenvalue weighted by atomic mass is 33.1. The lowest BCUT2D eigenvalue weighted by Crippen LogP contribution is -2.62. The number of hydrogen-bond donors (Lipinski definition) is 26. The van der Waals surface area contributed by atoms with Gasteiger partial charge in [-0.25, -0.2) is 4.79 Å². The van der Waals surface area contributed by atoms with E-state index in [2.05, 4.69) is 117 Å². The van der Waals surface area contributed by atoms with Crippen molar-refractivity contribution in [2.75, 3.05) is 55.8 Å². The fraction of sp³-hybridized carbons (Fsp3) is 0.495. The second kappa shape index (κ2) is 59.5. The number of rotatable bonds is 22. The number of carbonyl (C=O) groups excluding carboxylic acids is 22. The number of fused-ring (bicyclic) bond motifs is 10. The summed E-state index contributed by atoms with van der Waals surface area (Å²) in [5.74, 6) is -32.8. The average Bonchev–Trinajstić information content (AvgIpc) is 1.63. The normalized spacial score (nSPS) is 24.8. The number of hydrogen-bond acceptors (Lipinski definition) is 29. The van der Waals surface area contributed by atoms with Crippen LogP contribution in [0, 0.1) is 23.7 Å². The maximum Gasteiger partial charge on any atom is 0.326 e. The minimum atomic E-state index is -2.32. The fourth-order valence-corrected chi connectivity index (χ4v) is 20.1. The molecule has 0 spiro atoms. The minimum Gasteiger partial charge on any atom is -0.508 e. The second-order valence-corrected chi connectivity index (χ2v) is 42.3. The molecule has 150 heavy (non-hydrogen) atoms. The van der Waals surface area contributed by atoms with Gasteiger partial charge in [-0.05, 0) is 84.4 Å². The average molecular weight is 2160 g/mol. The predicted octanol–water partition coefficient (Wildman–Crippen LogP) is -5.56. The molecule has 49 nitrogen and oxygen atoms in total. The molecular weight excluding hydrogens is 2030 g/mol. The molecule has 3 aliphatic rings. The van der Waals surface area contributed by atoms with Crippen LogP contribution in [0.3, 0.4) is 0 Å². The SMILES string of the molecule is CCC(C)C1NC(=O)C(C)NC(=O)C(Cc2ccc(O)cc2)NC(=O)CNC(=O)C2CSSCC3NC(=O)CC(NC(=O)C(CC(N)=O)NC(=O)C(CSSCC(C(=O)NC(Cc4ccccc4)C(=O)NC(Cc4c[nH]c5ccccc45)C(=O)O)NC(=O)C(C(C)C)NC1=O)NC(=O)C(CO)NC(=O)CNC(=O)C(C(C)C)NC(=O)CNC(=O)C(CC(C)C)NC3=O)C(=O)NC(Cc1ccccc1)C(=O)NC(C)C(=O)NCC(=O)N2. The van der Waals surface area contributed by atoms with E-state index >= 15 is 38.4 Å². The van der Waals surface area contributed by atoms with E-state index < -0.39 is 337 Å². The molecule has 4 heterocycles. The van der Waals surface area contributed by atoms with Gasteiger partial charge in [-0.1, -0.05) is 196 Å². The van der Waals surface area contributed by atoms with E-state index in [4.69, 9.17) is 5.73 Å². The smallest absolute Gasteiger partial charge is 0.326 e. The van der Waals surface area contributed by atoms with Gasteiger partial charge in [-0.3, -0.25) is 105 Å². The first-order chi connectivity index (χ1) is 71.2. The number of nitrogens with one attached hydrogen (secondary N) is 22. The maximum atomic E-state index is 15.6. The molecule has 18 atom stereocenters. The van der Waals surface area contributed by atoms with Gasteiger partial charge < -0.3 is 138 Å². The van der Waals surface area contributed by atoms with Gasteiger partial charge in [0.2, 0.25) is 130 Å². The largest absolute Gasteiger partial charge is 0.508 e. The van der Waals surface area contributed by atoms with Crippen LogP contribution < -0.4 is 117 Å². The Labute approximate surface area is 879 Å². The summed E-state index contributed by atoms with van der Waals surface area (Å²) in [5.41, 5.74) is 8.02. The fourth-order valence-electron chi connectivity index (χ4n) is 15.4. The van der Waals surface area contributed by atoms with Crippen LogP contribution in [0.4, 0.5) is 0 Å². The zero-order valence-corrected chi connectivity index (χ0v) is 87.3. The van der Waals surface area contributed by atoms with Crippen LogP contribution >= 0.6 is 43.2 Å². The summed E-state index contributed by atoms with van der Waals surface area (Å²) >= 11 is 0. The van der Waals surface area contributed by atoms with Crippen LogP contribution in [0.5, 0.6) is 5.75 Å². The summed E-state index contributed by atoms with van der Waals surface area (Å²) in [6, 6.07) is -2.34. The Morgan fingerprint density at radius 1 is 0.400 bits per heavy atom. The van der Waals surface area contributed by atoms with Crippen LogP contribution in [-0.4, -0.2) is 315 Å². The highest BCUT2D eigenvalue weighted by molar-refractivity contribution is 8.77. The van der Waals surface area contributed by atoms with Crippen LogP contribution in [0.15, 0.2) is 115 Å². The van der Waals surface area contributed by atoms with E-state index in [0.717, 1.165) is 21.6 Å². The van der Waals surface area contributed by atoms with Crippen molar-refractivity contribution in [1.82, 2.24) is 117 Å². The number of carbonyl (C=O) groups is 23. The van der Waals surface area contributed by atoms with Gasteiger partial charge in [0.25, 0.3) is 0 Å². The van der Waals surface area contributed by atoms with Crippen molar-refractivity contribution < 1.29 is 126 Å². The highest BCUT2D eigenvalue weighted by Crippen LogP contribution is 2.28. The number of aromatic amines is 1. The number of benzene rings is 4. The van der Waals surface area contributed by atoms with E-state index in [0.29, 0.717) is 54.7 Å². The van der Waals surface area contributed by atoms with Crippen LogP contribution in [0.2, 0.25) is 0 Å². The van der Waals surface area contributed by atoms with Crippen molar-refractivity contribution in [3.63, 3.8) is 0 Å². The second-order valence-electron chi connectivity index (χ2n) is 37.2. The van der Waals surface area contributed by atoms with Gasteiger partial charge in [0.1, 0.15) is 108 Å². The van der Waals surface area contributed by atoms with Crippen molar-refractivity contribution in [2.24, 2.45) is 29.4 Å². The Balaban J connectivity index is 1.31. The number of carboxylic acids is 1. The molecule has 0 radical (unpaired) electrons. The quantitative estimate of drug-likeness (QED) is 0.0287. The lowest BCUT2D eigenvalue weighted by Gasteiger charge is -2.30. The maximum absolute atomic E-state index is 15.6. The van der Waals surface area contributed by atoms with E-state index in [-0.39, 0.29) is 37.9 Å². The zero-order chi connectivity index (χ0) is 110. The third-order valence-corrected chi connectivity index (χ3v) is 28.8. The molecule has 0 saturated carbocycles. The van der Waals surface area contributed by atoms with Crippen molar-refractivity contribution in [3.05, 3.63) is 138 Å². The summed E-state index contributed by atoms with van der Waals surface area (Å²) < 4.78 is 0. The number of aliphatic carboxylic acids is 1. The number of phenolic OH excluding ortho intramolecular Hbond substituents is 1. The number of aliphatic hydroxyl groups is 1. The van der Waals surface area contributed by atoms with Crippen molar-refractivity contribution >= 4 is 190 Å². The van der Waals surface area contributed by atoms with Crippen molar-refractivity contribution in [2.45, 2.75) is 223 Å². The first-order valence-electron chi connectivity index (χ1n) is 48.4. The van der Waals surface area contributed by atoms with E-state index in [1.165, 1.54) is 77.9 Å². The van der Waals surface area contributed by atoms with Crippen molar-refractivity contribution in [1.29, 1.82) is 0 Å². The molecule has 4 aromatic carbocycles. The lowest BCUT2D eigenvalue weighted by molar-refractivity contribution is -0.142. The summed E-state index contributed by atoms with van der Waals surface area (Å²) in [5, 5.41) is 84.2. The van der Waals surface area contributed by atoms with Gasteiger partial charge in [0.15, 0.2) is 0 Å². The van der Waals surface area contributed by atoms with Gasteiger partial charge in [-0.2, -0.15) is 0 Å². The van der Waals surface area contributed by atoms with E-state index in [1.54, 1.807) is 107 Å². The Morgan fingerprint density at radius 3 is 1.42 bits per heavy atom. The molecule has 8 rings (SSSR count). The molecule has 3 aliphatic heterocycles. The third-order valence-electron chi connectivity index (χ3n) is 24.0. The summed E-state index contributed by atoms with van der Waals surface area (Å²) in [6.45, 7) is 9.93. The van der Waals surface area contributed by atoms with Gasteiger partial charge in [-0.15, -0.1) is 0 Å². The standard InChI is InChI=1S/C97H131N23O26S4/c1-11-50(8)80-96(144)119-79(49(6)7)95(143)117-71(93(141)112-63(32-54-22-16-13-17-23-54)87(135)115-66(97(145)146)34-56-37-99-59-25-19-18-24-58(56)59)46-150-149-45-70-92(140)113-64(35-72(98)123)88(136)114-65-36-73(124)108-69(91(139)110-60(30-47(2)3)83(131)101-41-77(128)118-78(48(4)5)94(142)103-40-75(126)107-67(42-121)90(138)116-70)44-148-147-43-68(109-76(127)38-100-81(129)51(9)104-86(134)62(111-89(65)137)31-53-20-14-12-15-21-53)84(132)102-39-74(125)106-61(33-55-26-28-57(122)29-27-55)85(133)105-52(10)82(130)120-80/h12-29,37,47-52,60-71,78-80,99,121-122H,11,30-36,38-46H2,1-10H3,(H2,98,123)(H,100,129)(H,101,131)(H,102,132)(H,103,142)(H,104,134)(H,105,133)(H,106,125)(H,107,126)(H,108,124)(H,109,127)(H,110,139)(H,111,137)(H,112,141)(H,113,140)(H,114,136)(H,115,135)(H,116,138)(H,117,143)(H,118,128)(H,119,144)(H,120,130)(H,145,146). The molecule has 3 saturated heterocycles. The Hall–Kier alpha value is -14.6. The van der Waals surface area contributed by atoms with Crippen LogP contribution in [0.1, 0.15) is 117 Å². The number of carboxylic acid groups (broad SMARTS) is 1. The summed E-state index contributed by atoms with van der Waals surface area (Å²) in [7, 11) is 2.72. The summed E-state index contributed by atoms with van der Waals surface area (Å²) in [6.07, 6.45) is -2.37. The minimum absolute atomic E-state index is 0.170. The molecule has 18 unspecified atom stereocenters. The molecule has 22 amide bonds. The molecule has 5 aromatic rings. The number of para-hydroxylation sites is 1. The van der Waals surface area contributed by atoms with E-state index in [9.17, 15) is 87.2 Å². The lowest BCUT2D eigenvalue weighted by atomic mass is 9.96. The van der Waals surface area contributed by atoms with Crippen LogP contribution in [-0.2, 0) is 136 Å². The number of aliphatic hydroxyl groups excluding tert-OH is 1.